The van der Waals surface area contributed by atoms with Crippen LogP contribution in [0.25, 0.3) is 6.08 Å². The van der Waals surface area contributed by atoms with Crippen LogP contribution >= 0.6 is 43.6 Å². The maximum Gasteiger partial charge on any atom is 0.286 e. The summed E-state index contributed by atoms with van der Waals surface area (Å²) in [4.78, 5) is 27.5. The van der Waals surface area contributed by atoms with Gasteiger partial charge in [0.2, 0.25) is 5.91 Å². The van der Waals surface area contributed by atoms with Gasteiger partial charge in [0.25, 0.3) is 5.91 Å². The Kier molecular flexibility index (Phi) is 6.69. The lowest BCUT2D eigenvalue weighted by molar-refractivity contribution is -0.117. The topological polar surface area (TPSA) is 67.8 Å². The van der Waals surface area contributed by atoms with Crippen molar-refractivity contribution in [3.05, 3.63) is 67.2 Å². The Morgan fingerprint density at radius 1 is 1.29 bits per heavy atom. The average Bonchev–Trinajstić information content (AvgIpc) is 2.94. The van der Waals surface area contributed by atoms with E-state index in [1.165, 1.54) is 19.1 Å². The van der Waals surface area contributed by atoms with Crippen molar-refractivity contribution in [1.82, 2.24) is 5.32 Å². The van der Waals surface area contributed by atoms with Crippen LogP contribution in [0.3, 0.4) is 0 Å². The van der Waals surface area contributed by atoms with Crippen molar-refractivity contribution in [3.63, 3.8) is 0 Å². The zero-order valence-corrected chi connectivity index (χ0v) is 18.5. The van der Waals surface area contributed by atoms with Gasteiger partial charge in [0.1, 0.15) is 18.2 Å². The molecular formula is C19H13Br2FN2O3S. The minimum Gasteiger partial charge on any atom is -0.487 e. The third-order valence-electron chi connectivity index (χ3n) is 3.52. The average molecular weight is 528 g/mol. The van der Waals surface area contributed by atoms with E-state index in [2.05, 4.69) is 42.2 Å². The summed E-state index contributed by atoms with van der Waals surface area (Å²) >= 11 is 7.98. The second-order valence-corrected chi connectivity index (χ2v) is 8.54. The van der Waals surface area contributed by atoms with Gasteiger partial charge in [-0.2, -0.15) is 4.99 Å². The first kappa shape index (κ1) is 20.8. The van der Waals surface area contributed by atoms with Gasteiger partial charge in [-0.05, 0) is 63.6 Å². The maximum absolute atomic E-state index is 13.1. The number of hydrogen-bond acceptors (Lipinski definition) is 4. The van der Waals surface area contributed by atoms with Gasteiger partial charge in [-0.25, -0.2) is 4.39 Å². The molecule has 2 aromatic carbocycles. The standard InChI is InChI=1S/C19H13Br2FN2O3S/c1-10(25)23-19-24-18(26)16(28-19)7-12-6-13(20)8-15(21)17(12)27-9-11-2-4-14(22)5-3-11/h2-8H,9H2,1H3,(H,23,24,25,26)/b16-7+. The van der Waals surface area contributed by atoms with Crippen LogP contribution in [0.1, 0.15) is 18.1 Å². The molecule has 5 nitrogen and oxygen atoms in total. The minimum absolute atomic E-state index is 0.228. The summed E-state index contributed by atoms with van der Waals surface area (Å²) in [5.41, 5.74) is 1.45. The van der Waals surface area contributed by atoms with Crippen molar-refractivity contribution in [2.24, 2.45) is 4.99 Å². The monoisotopic (exact) mass is 526 g/mol. The van der Waals surface area contributed by atoms with Crippen LogP contribution in [-0.4, -0.2) is 17.0 Å². The Morgan fingerprint density at radius 2 is 2.00 bits per heavy atom. The molecule has 144 valence electrons. The quantitative estimate of drug-likeness (QED) is 0.566. The molecule has 0 spiro atoms. The molecule has 0 aromatic heterocycles. The number of nitrogens with one attached hydrogen (secondary N) is 1. The fourth-order valence-corrected chi connectivity index (χ4v) is 4.55. The number of amides is 2. The fourth-order valence-electron chi connectivity index (χ4n) is 2.33. The summed E-state index contributed by atoms with van der Waals surface area (Å²) in [5.74, 6) is -0.518. The van der Waals surface area contributed by atoms with Gasteiger partial charge in [0.15, 0.2) is 5.17 Å². The van der Waals surface area contributed by atoms with Gasteiger partial charge in [-0.1, -0.05) is 28.1 Å². The highest BCUT2D eigenvalue weighted by atomic mass is 79.9. The van der Waals surface area contributed by atoms with Gasteiger partial charge in [-0.3, -0.25) is 9.59 Å². The van der Waals surface area contributed by atoms with E-state index < -0.39 is 5.91 Å². The number of hydrogen-bond donors (Lipinski definition) is 1. The van der Waals surface area contributed by atoms with E-state index in [1.54, 1.807) is 18.2 Å². The largest absolute Gasteiger partial charge is 0.487 e. The number of rotatable bonds is 4. The van der Waals surface area contributed by atoms with Crippen molar-refractivity contribution in [2.45, 2.75) is 13.5 Å². The van der Waals surface area contributed by atoms with Crippen molar-refractivity contribution in [2.75, 3.05) is 0 Å². The van der Waals surface area contributed by atoms with E-state index in [9.17, 15) is 14.0 Å². The highest BCUT2D eigenvalue weighted by molar-refractivity contribution is 9.11. The summed E-state index contributed by atoms with van der Waals surface area (Å²) in [5, 5.41) is 2.75. The Morgan fingerprint density at radius 3 is 2.68 bits per heavy atom. The summed E-state index contributed by atoms with van der Waals surface area (Å²) in [7, 11) is 0. The summed E-state index contributed by atoms with van der Waals surface area (Å²) in [6.07, 6.45) is 1.65. The number of carbonyl (C=O) groups excluding carboxylic acids is 2. The normalized spacial score (nSPS) is 14.9. The molecule has 0 radical (unpaired) electrons. The van der Waals surface area contributed by atoms with Crippen molar-refractivity contribution in [3.8, 4) is 5.75 Å². The third kappa shape index (κ3) is 5.30. The Bertz CT molecular complexity index is 1010. The molecule has 3 rings (SSSR count). The molecule has 1 aliphatic rings. The molecule has 0 saturated carbocycles. The molecule has 0 fully saturated rings. The van der Waals surface area contributed by atoms with Gasteiger partial charge >= 0.3 is 0 Å². The second-order valence-electron chi connectivity index (χ2n) is 5.74. The van der Waals surface area contributed by atoms with E-state index in [1.807, 2.05) is 12.1 Å². The Hall–Kier alpha value is -1.97. The van der Waals surface area contributed by atoms with Crippen LogP contribution < -0.4 is 10.1 Å². The van der Waals surface area contributed by atoms with E-state index in [4.69, 9.17) is 4.74 Å². The molecule has 0 unspecified atom stereocenters. The van der Waals surface area contributed by atoms with E-state index >= 15 is 0 Å². The minimum atomic E-state index is -0.436. The number of aliphatic imine (C=N–C) groups is 1. The Balaban J connectivity index is 1.86. The molecule has 9 heteroatoms. The van der Waals surface area contributed by atoms with Crippen LogP contribution in [0.15, 0.2) is 55.2 Å². The molecule has 28 heavy (non-hydrogen) atoms. The molecule has 0 atom stereocenters. The smallest absolute Gasteiger partial charge is 0.286 e. The van der Waals surface area contributed by atoms with E-state index in [0.717, 1.165) is 21.8 Å². The number of amidine groups is 1. The molecule has 0 bridgehead atoms. The van der Waals surface area contributed by atoms with Gasteiger partial charge < -0.3 is 10.1 Å². The number of nitrogens with zero attached hydrogens (tertiary/aromatic N) is 1. The van der Waals surface area contributed by atoms with Crippen molar-refractivity contribution < 1.29 is 18.7 Å². The number of benzene rings is 2. The summed E-state index contributed by atoms with van der Waals surface area (Å²) in [6, 6.07) is 9.65. The number of carbonyl (C=O) groups is 2. The highest BCUT2D eigenvalue weighted by Gasteiger charge is 2.23. The van der Waals surface area contributed by atoms with Gasteiger partial charge in [-0.15, -0.1) is 0 Å². The molecular weight excluding hydrogens is 515 g/mol. The molecule has 1 aliphatic heterocycles. The maximum atomic E-state index is 13.1. The van der Waals surface area contributed by atoms with Crippen molar-refractivity contribution >= 4 is 66.7 Å². The van der Waals surface area contributed by atoms with Gasteiger partial charge in [0, 0.05) is 17.0 Å². The van der Waals surface area contributed by atoms with Crippen LogP contribution in [0, 0.1) is 5.82 Å². The van der Waals surface area contributed by atoms with Crippen molar-refractivity contribution in [1.29, 1.82) is 0 Å². The number of thioether (sulfide) groups is 1. The first-order valence-corrected chi connectivity index (χ1v) is 10.4. The summed E-state index contributed by atoms with van der Waals surface area (Å²) < 4.78 is 20.5. The summed E-state index contributed by atoms with van der Waals surface area (Å²) in [6.45, 7) is 1.58. The van der Waals surface area contributed by atoms with Crippen LogP contribution in [0.2, 0.25) is 0 Å². The highest BCUT2D eigenvalue weighted by Crippen LogP contribution is 2.37. The third-order valence-corrected chi connectivity index (χ3v) is 5.47. The molecule has 0 saturated heterocycles. The molecule has 2 aromatic rings. The Labute approximate surface area is 181 Å². The van der Waals surface area contributed by atoms with E-state index in [-0.39, 0.29) is 23.5 Å². The fraction of sp³-hybridized carbons (Fsp3) is 0.105. The van der Waals surface area contributed by atoms with Gasteiger partial charge in [0.05, 0.1) is 9.38 Å². The first-order chi connectivity index (χ1) is 13.3. The zero-order chi connectivity index (χ0) is 20.3. The van der Waals surface area contributed by atoms with Crippen LogP contribution in [-0.2, 0) is 16.2 Å². The lowest BCUT2D eigenvalue weighted by Crippen LogP contribution is -2.23. The molecule has 1 heterocycles. The predicted molar refractivity (Wildman–Crippen MR) is 114 cm³/mol. The lowest BCUT2D eigenvalue weighted by Gasteiger charge is -2.13. The second kappa shape index (κ2) is 9.02. The molecule has 2 amide bonds. The van der Waals surface area contributed by atoms with Crippen LogP contribution in [0.4, 0.5) is 4.39 Å². The first-order valence-electron chi connectivity index (χ1n) is 7.98. The molecule has 1 N–H and O–H groups in total. The SMILES string of the molecule is CC(=O)NC1=NC(=O)/C(=C\c2cc(Br)cc(Br)c2OCc2ccc(F)cc2)S1. The lowest BCUT2D eigenvalue weighted by atomic mass is 10.1. The van der Waals surface area contributed by atoms with E-state index in [0.29, 0.717) is 20.7 Å². The predicted octanol–water partition coefficient (Wildman–Crippen LogP) is 5.04. The number of ether oxygens (including phenoxy) is 1. The number of halogens is 3. The van der Waals surface area contributed by atoms with Crippen LogP contribution in [0.5, 0.6) is 5.75 Å². The zero-order valence-electron chi connectivity index (χ0n) is 14.5. The molecule has 0 aliphatic carbocycles.